The second kappa shape index (κ2) is 5.89. The summed E-state index contributed by atoms with van der Waals surface area (Å²) < 4.78 is 16.4. The van der Waals surface area contributed by atoms with Crippen LogP contribution < -0.4 is 9.47 Å². The molecule has 94 valence electrons. The third-order valence-corrected chi connectivity index (χ3v) is 2.87. The van der Waals surface area contributed by atoms with Gasteiger partial charge in [-0.1, -0.05) is 6.07 Å². The Labute approximate surface area is 101 Å². The summed E-state index contributed by atoms with van der Waals surface area (Å²) in [6.45, 7) is 1.51. The summed E-state index contributed by atoms with van der Waals surface area (Å²) in [5.74, 6) is 1.40. The number of hydrogen-bond donors (Lipinski definition) is 1. The van der Waals surface area contributed by atoms with Crippen molar-refractivity contribution in [2.24, 2.45) is 0 Å². The molecule has 1 aliphatic rings. The maximum atomic E-state index is 9.06. The van der Waals surface area contributed by atoms with Crippen molar-refractivity contribution in [2.45, 2.75) is 25.6 Å². The summed E-state index contributed by atoms with van der Waals surface area (Å²) in [4.78, 5) is 0. The molecule has 0 atom stereocenters. The molecule has 0 unspecified atom stereocenters. The predicted octanol–water partition coefficient (Wildman–Crippen LogP) is 1.75. The number of benzene rings is 1. The lowest BCUT2D eigenvalue weighted by Gasteiger charge is -2.24. The van der Waals surface area contributed by atoms with Gasteiger partial charge in [0.2, 0.25) is 0 Å². The van der Waals surface area contributed by atoms with E-state index < -0.39 is 0 Å². The highest BCUT2D eigenvalue weighted by atomic mass is 16.5. The fourth-order valence-corrected chi connectivity index (χ4v) is 1.88. The molecule has 0 spiro atoms. The van der Waals surface area contributed by atoms with Crippen LogP contribution in [0.4, 0.5) is 0 Å². The van der Waals surface area contributed by atoms with Gasteiger partial charge in [0.25, 0.3) is 0 Å². The minimum Gasteiger partial charge on any atom is -0.493 e. The second-order valence-electron chi connectivity index (χ2n) is 4.07. The average Bonchev–Trinajstić information content (AvgIpc) is 2.40. The first-order chi connectivity index (χ1) is 8.33. The lowest BCUT2D eigenvalue weighted by Crippen LogP contribution is -2.26. The fourth-order valence-electron chi connectivity index (χ4n) is 1.88. The van der Waals surface area contributed by atoms with E-state index in [1.807, 2.05) is 12.1 Å². The van der Waals surface area contributed by atoms with Gasteiger partial charge in [0.05, 0.1) is 26.9 Å². The van der Waals surface area contributed by atoms with Gasteiger partial charge in [0.15, 0.2) is 11.5 Å². The highest BCUT2D eigenvalue weighted by Gasteiger charge is 2.17. The Morgan fingerprint density at radius 1 is 1.29 bits per heavy atom. The minimum atomic E-state index is 0.00785. The van der Waals surface area contributed by atoms with Gasteiger partial charge < -0.3 is 19.3 Å². The van der Waals surface area contributed by atoms with Crippen LogP contribution in [0.2, 0.25) is 0 Å². The summed E-state index contributed by atoms with van der Waals surface area (Å²) in [6, 6.07) is 5.49. The molecule has 0 saturated carbocycles. The van der Waals surface area contributed by atoms with E-state index >= 15 is 0 Å². The molecular formula is C13H18O4. The van der Waals surface area contributed by atoms with E-state index in [2.05, 4.69) is 0 Å². The van der Waals surface area contributed by atoms with Crippen molar-refractivity contribution in [3.63, 3.8) is 0 Å². The third kappa shape index (κ3) is 3.11. The topological polar surface area (TPSA) is 47.9 Å². The van der Waals surface area contributed by atoms with Gasteiger partial charge in [-0.3, -0.25) is 0 Å². The Balaban J connectivity index is 2.08. The summed E-state index contributed by atoms with van der Waals surface area (Å²) in [6.07, 6.45) is 2.01. The first-order valence-electron chi connectivity index (χ1n) is 5.85. The molecule has 17 heavy (non-hydrogen) atoms. The normalized spacial score (nSPS) is 16.8. The Kier molecular flexibility index (Phi) is 4.23. The molecular weight excluding hydrogens is 220 g/mol. The number of methoxy groups -OCH3 is 1. The quantitative estimate of drug-likeness (QED) is 0.868. The first kappa shape index (κ1) is 12.2. The van der Waals surface area contributed by atoms with Gasteiger partial charge in [-0.05, 0) is 17.7 Å². The van der Waals surface area contributed by atoms with Gasteiger partial charge in [0, 0.05) is 12.8 Å². The molecule has 1 aliphatic heterocycles. The van der Waals surface area contributed by atoms with Crippen LogP contribution >= 0.6 is 0 Å². The zero-order valence-corrected chi connectivity index (χ0v) is 10.0. The van der Waals surface area contributed by atoms with Crippen molar-refractivity contribution in [2.75, 3.05) is 20.3 Å². The highest BCUT2D eigenvalue weighted by molar-refractivity contribution is 5.42. The molecule has 0 aromatic heterocycles. The highest BCUT2D eigenvalue weighted by Crippen LogP contribution is 2.30. The Morgan fingerprint density at radius 3 is 2.71 bits per heavy atom. The molecule has 4 nitrogen and oxygen atoms in total. The van der Waals surface area contributed by atoms with Crippen molar-refractivity contribution in [1.82, 2.24) is 0 Å². The number of aliphatic hydroxyl groups is 1. The Hall–Kier alpha value is -1.26. The number of rotatable bonds is 4. The van der Waals surface area contributed by atoms with Crippen molar-refractivity contribution >= 4 is 0 Å². The van der Waals surface area contributed by atoms with Crippen LogP contribution in [0.5, 0.6) is 11.5 Å². The molecule has 0 radical (unpaired) electrons. The average molecular weight is 238 g/mol. The SMILES string of the molecule is COc1cc(CO)ccc1OC1CCOCC1. The zero-order chi connectivity index (χ0) is 12.1. The van der Waals surface area contributed by atoms with E-state index in [1.54, 1.807) is 13.2 Å². The number of hydrogen-bond acceptors (Lipinski definition) is 4. The van der Waals surface area contributed by atoms with Gasteiger partial charge in [-0.2, -0.15) is 0 Å². The molecule has 1 N–H and O–H groups in total. The Morgan fingerprint density at radius 2 is 2.06 bits per heavy atom. The van der Waals surface area contributed by atoms with E-state index in [0.717, 1.165) is 37.4 Å². The van der Waals surface area contributed by atoms with Crippen molar-refractivity contribution in [1.29, 1.82) is 0 Å². The molecule has 1 aromatic carbocycles. The molecule has 0 amide bonds. The molecule has 1 saturated heterocycles. The molecule has 2 rings (SSSR count). The van der Waals surface area contributed by atoms with Crippen molar-refractivity contribution in [3.8, 4) is 11.5 Å². The molecule has 0 bridgehead atoms. The largest absolute Gasteiger partial charge is 0.493 e. The summed E-state index contributed by atoms with van der Waals surface area (Å²) >= 11 is 0. The van der Waals surface area contributed by atoms with Crippen LogP contribution in [-0.2, 0) is 11.3 Å². The maximum absolute atomic E-state index is 9.06. The van der Waals surface area contributed by atoms with Crippen LogP contribution in [0.1, 0.15) is 18.4 Å². The number of aliphatic hydroxyl groups excluding tert-OH is 1. The van der Waals surface area contributed by atoms with Gasteiger partial charge >= 0.3 is 0 Å². The predicted molar refractivity (Wildman–Crippen MR) is 63.4 cm³/mol. The molecule has 1 aromatic rings. The molecule has 0 aliphatic carbocycles. The first-order valence-corrected chi connectivity index (χ1v) is 5.85. The summed E-state index contributed by atoms with van der Waals surface area (Å²) in [7, 11) is 1.60. The monoisotopic (exact) mass is 238 g/mol. The van der Waals surface area contributed by atoms with E-state index in [-0.39, 0.29) is 12.7 Å². The van der Waals surface area contributed by atoms with Crippen molar-refractivity contribution in [3.05, 3.63) is 23.8 Å². The maximum Gasteiger partial charge on any atom is 0.161 e. The lowest BCUT2D eigenvalue weighted by molar-refractivity contribution is 0.0245. The molecule has 1 heterocycles. The smallest absolute Gasteiger partial charge is 0.161 e. The van der Waals surface area contributed by atoms with Crippen LogP contribution in [0, 0.1) is 0 Å². The van der Waals surface area contributed by atoms with Crippen LogP contribution in [0.15, 0.2) is 18.2 Å². The van der Waals surface area contributed by atoms with Crippen molar-refractivity contribution < 1.29 is 19.3 Å². The van der Waals surface area contributed by atoms with Gasteiger partial charge in [-0.25, -0.2) is 0 Å². The molecule has 1 fully saturated rings. The summed E-state index contributed by atoms with van der Waals surface area (Å²) in [5.41, 5.74) is 0.821. The number of ether oxygens (including phenoxy) is 3. The van der Waals surface area contributed by atoms with Gasteiger partial charge in [0.1, 0.15) is 6.10 Å². The summed E-state index contributed by atoms with van der Waals surface area (Å²) in [5, 5.41) is 9.06. The lowest BCUT2D eigenvalue weighted by atomic mass is 10.1. The third-order valence-electron chi connectivity index (χ3n) is 2.87. The van der Waals surface area contributed by atoms with Gasteiger partial charge in [-0.15, -0.1) is 0 Å². The minimum absolute atomic E-state index is 0.00785. The van der Waals surface area contributed by atoms with E-state index in [1.165, 1.54) is 0 Å². The van der Waals surface area contributed by atoms with E-state index in [4.69, 9.17) is 19.3 Å². The zero-order valence-electron chi connectivity index (χ0n) is 10.0. The second-order valence-corrected chi connectivity index (χ2v) is 4.07. The van der Waals surface area contributed by atoms with Crippen LogP contribution in [0.3, 0.4) is 0 Å². The Bertz CT molecular complexity index is 358. The van der Waals surface area contributed by atoms with E-state index in [9.17, 15) is 0 Å². The fraction of sp³-hybridized carbons (Fsp3) is 0.538. The standard InChI is InChI=1S/C13H18O4/c1-15-13-8-10(9-14)2-3-12(13)17-11-4-6-16-7-5-11/h2-3,8,11,14H,4-7,9H2,1H3. The van der Waals surface area contributed by atoms with Crippen LogP contribution in [0.25, 0.3) is 0 Å². The van der Waals surface area contributed by atoms with E-state index in [0.29, 0.717) is 5.75 Å². The molecule has 4 heteroatoms. The van der Waals surface area contributed by atoms with Crippen LogP contribution in [-0.4, -0.2) is 31.5 Å².